The molecule has 0 radical (unpaired) electrons. The first kappa shape index (κ1) is 37.8. The average molecular weight is 686 g/mol. The Kier molecular flexibility index (Phi) is 14.6. The van der Waals surface area contributed by atoms with E-state index >= 15 is 0 Å². The van der Waals surface area contributed by atoms with Gasteiger partial charge in [0, 0.05) is 25.5 Å². The number of aliphatic hydroxyl groups is 1. The lowest BCUT2D eigenvalue weighted by molar-refractivity contribution is -0.158. The molecular formula is C39H43NO10. The molecule has 3 atom stereocenters. The van der Waals surface area contributed by atoms with E-state index in [4.69, 9.17) is 24.1 Å². The number of carbonyl (C=O) groups is 5. The Morgan fingerprint density at radius 2 is 1.60 bits per heavy atom. The van der Waals surface area contributed by atoms with E-state index in [1.54, 1.807) is 72.8 Å². The summed E-state index contributed by atoms with van der Waals surface area (Å²) in [6.07, 6.45) is -1.04. The minimum absolute atomic E-state index is 0.0461. The number of allylic oxidation sites excluding steroid dienone is 1. The summed E-state index contributed by atoms with van der Waals surface area (Å²) in [4.78, 5) is 69.0. The van der Waals surface area contributed by atoms with E-state index in [1.165, 1.54) is 0 Å². The van der Waals surface area contributed by atoms with Crippen LogP contribution >= 0.6 is 0 Å². The Morgan fingerprint density at radius 3 is 2.26 bits per heavy atom. The van der Waals surface area contributed by atoms with Gasteiger partial charge in [-0.15, -0.1) is 0 Å². The smallest absolute Gasteiger partial charge is 0.417 e. The van der Waals surface area contributed by atoms with Crippen molar-refractivity contribution in [1.82, 2.24) is 4.90 Å². The lowest BCUT2D eigenvalue weighted by atomic mass is 9.87. The highest BCUT2D eigenvalue weighted by Gasteiger charge is 2.46. The van der Waals surface area contributed by atoms with E-state index in [9.17, 15) is 24.0 Å². The highest BCUT2D eigenvalue weighted by molar-refractivity contribution is 6.25. The minimum atomic E-state index is -1.67. The summed E-state index contributed by atoms with van der Waals surface area (Å²) < 4.78 is 21.6. The molecule has 11 nitrogen and oxygen atoms in total. The molecule has 3 aromatic rings. The Hall–Kier alpha value is -4.97. The predicted molar refractivity (Wildman–Crippen MR) is 184 cm³/mol. The lowest BCUT2D eigenvalue weighted by Gasteiger charge is -2.29. The molecule has 1 saturated heterocycles. The molecule has 1 heterocycles. The highest BCUT2D eigenvalue weighted by Crippen LogP contribution is 2.32. The number of amides is 2. The molecule has 3 unspecified atom stereocenters. The third kappa shape index (κ3) is 10.8. The number of imide groups is 1. The molecule has 1 aliphatic heterocycles. The van der Waals surface area contributed by atoms with Crippen LogP contribution in [0.5, 0.6) is 0 Å². The average Bonchev–Trinajstić information content (AvgIpc) is 3.51. The first-order valence-electron chi connectivity index (χ1n) is 16.6. The molecule has 0 aromatic heterocycles. The molecule has 0 spiro atoms. The molecular weight excluding hydrogens is 642 g/mol. The summed E-state index contributed by atoms with van der Waals surface area (Å²) in [5.74, 6) is -4.02. The van der Waals surface area contributed by atoms with Gasteiger partial charge in [0.15, 0.2) is 17.7 Å². The number of aliphatic hydroxyl groups excluding tert-OH is 1. The van der Waals surface area contributed by atoms with Crippen LogP contribution in [0.3, 0.4) is 0 Å². The van der Waals surface area contributed by atoms with E-state index in [2.05, 4.69) is 0 Å². The van der Waals surface area contributed by atoms with Gasteiger partial charge in [-0.1, -0.05) is 90.5 Å². The zero-order valence-electron chi connectivity index (χ0n) is 28.3. The molecule has 50 heavy (non-hydrogen) atoms. The first-order valence-corrected chi connectivity index (χ1v) is 16.6. The molecule has 1 aliphatic rings. The fourth-order valence-corrected chi connectivity index (χ4v) is 5.69. The third-order valence-electron chi connectivity index (χ3n) is 8.07. The number of ether oxygens (including phenoxy) is 4. The monoisotopic (exact) mass is 685 g/mol. The Labute approximate surface area is 291 Å². The van der Waals surface area contributed by atoms with Crippen molar-refractivity contribution < 1.29 is 48.0 Å². The normalized spacial score (nSPS) is 15.7. The second kappa shape index (κ2) is 19.3. The van der Waals surface area contributed by atoms with Crippen LogP contribution in [-0.4, -0.2) is 85.3 Å². The van der Waals surface area contributed by atoms with E-state index in [-0.39, 0.29) is 50.6 Å². The Morgan fingerprint density at radius 1 is 0.920 bits per heavy atom. The standard InChI is InChI=1S/C39H43NO10/c1-27-11-9-16-31(23-27)32(35(43)17-10-19-47-21-22-48-20-18-41)25-36(44)37(50-28(2)42)33(24-29-12-5-3-6-13-29)38(45)40-34(26-49-39(40)46)30-14-7-4-8-15-30/h3-9,11-16,23,25,33-34,37,41H,10,17-22,24,26H2,1-2H3. The number of ketones is 2. The van der Waals surface area contributed by atoms with Crippen molar-refractivity contribution in [3.05, 3.63) is 113 Å². The molecule has 1 fully saturated rings. The van der Waals surface area contributed by atoms with Gasteiger partial charge in [-0.25, -0.2) is 9.69 Å². The summed E-state index contributed by atoms with van der Waals surface area (Å²) in [5.41, 5.74) is 2.76. The predicted octanol–water partition coefficient (Wildman–Crippen LogP) is 4.83. The molecule has 0 aliphatic carbocycles. The van der Waals surface area contributed by atoms with Gasteiger partial charge >= 0.3 is 12.1 Å². The topological polar surface area (TPSA) is 146 Å². The molecule has 2 amide bonds. The number of carbonyl (C=O) groups excluding carboxylic acids is 5. The van der Waals surface area contributed by atoms with Gasteiger partial charge in [-0.05, 0) is 42.5 Å². The molecule has 4 rings (SSSR count). The number of aryl methyl sites for hydroxylation is 1. The number of hydrogen-bond acceptors (Lipinski definition) is 10. The van der Waals surface area contributed by atoms with Crippen LogP contribution in [-0.2, 0) is 44.5 Å². The van der Waals surface area contributed by atoms with Crippen molar-refractivity contribution in [3.63, 3.8) is 0 Å². The quantitative estimate of drug-likeness (QED) is 0.106. The number of esters is 1. The number of cyclic esters (lactones) is 1. The van der Waals surface area contributed by atoms with Gasteiger partial charge < -0.3 is 24.1 Å². The van der Waals surface area contributed by atoms with Crippen LogP contribution in [0, 0.1) is 12.8 Å². The number of benzene rings is 3. The third-order valence-corrected chi connectivity index (χ3v) is 8.07. The van der Waals surface area contributed by atoms with Gasteiger partial charge in [0.05, 0.1) is 32.3 Å². The van der Waals surface area contributed by atoms with Gasteiger partial charge in [0.1, 0.15) is 12.6 Å². The highest BCUT2D eigenvalue weighted by atomic mass is 16.6. The SMILES string of the molecule is CC(=O)OC(C(=O)C=C(C(=O)CCCOCCOCCO)c1cccc(C)c1)C(Cc1ccccc1)C(=O)N1C(=O)OCC1c1ccccc1. The van der Waals surface area contributed by atoms with Gasteiger partial charge in [-0.2, -0.15) is 0 Å². The largest absolute Gasteiger partial charge is 0.453 e. The zero-order chi connectivity index (χ0) is 35.9. The number of rotatable bonds is 19. The Balaban J connectivity index is 1.68. The summed E-state index contributed by atoms with van der Waals surface area (Å²) >= 11 is 0. The van der Waals surface area contributed by atoms with Crippen molar-refractivity contribution in [1.29, 1.82) is 0 Å². The first-order chi connectivity index (χ1) is 24.2. The fourth-order valence-electron chi connectivity index (χ4n) is 5.69. The summed E-state index contributed by atoms with van der Waals surface area (Å²) in [6, 6.07) is 24.1. The van der Waals surface area contributed by atoms with Gasteiger partial charge in [0.25, 0.3) is 0 Å². The molecule has 1 N–H and O–H groups in total. The maximum absolute atomic E-state index is 14.5. The second-order valence-electron chi connectivity index (χ2n) is 11.8. The van der Waals surface area contributed by atoms with E-state index in [1.807, 2.05) is 19.1 Å². The van der Waals surface area contributed by atoms with Gasteiger partial charge in [-0.3, -0.25) is 19.2 Å². The molecule has 3 aromatic carbocycles. The summed E-state index contributed by atoms with van der Waals surface area (Å²) in [7, 11) is 0. The van der Waals surface area contributed by atoms with Crippen molar-refractivity contribution >= 4 is 35.1 Å². The summed E-state index contributed by atoms with van der Waals surface area (Å²) in [5, 5.41) is 8.81. The van der Waals surface area contributed by atoms with E-state index < -0.39 is 41.8 Å². The molecule has 0 saturated carbocycles. The number of Topliss-reactive ketones (excluding diaryl/α,β-unsaturated/α-hetero) is 1. The molecule has 11 heteroatoms. The van der Waals surface area contributed by atoms with Gasteiger partial charge in [0.2, 0.25) is 5.91 Å². The van der Waals surface area contributed by atoms with Crippen LogP contribution in [0.2, 0.25) is 0 Å². The second-order valence-corrected chi connectivity index (χ2v) is 11.8. The maximum Gasteiger partial charge on any atom is 0.417 e. The van der Waals surface area contributed by atoms with Crippen molar-refractivity contribution in [2.75, 3.05) is 39.6 Å². The van der Waals surface area contributed by atoms with Crippen LogP contribution < -0.4 is 0 Å². The van der Waals surface area contributed by atoms with Crippen molar-refractivity contribution in [3.8, 4) is 0 Å². The molecule has 264 valence electrons. The maximum atomic E-state index is 14.5. The van der Waals surface area contributed by atoms with Crippen molar-refractivity contribution in [2.45, 2.75) is 45.3 Å². The lowest BCUT2D eigenvalue weighted by Crippen LogP contribution is -2.47. The minimum Gasteiger partial charge on any atom is -0.453 e. The van der Waals surface area contributed by atoms with E-state index in [0.717, 1.165) is 23.5 Å². The summed E-state index contributed by atoms with van der Waals surface area (Å²) in [6.45, 7) is 3.90. The van der Waals surface area contributed by atoms with Crippen LogP contribution in [0.15, 0.2) is 91.0 Å². The Bertz CT molecular complexity index is 1640. The van der Waals surface area contributed by atoms with Crippen molar-refractivity contribution in [2.24, 2.45) is 5.92 Å². The van der Waals surface area contributed by atoms with Crippen LogP contribution in [0.4, 0.5) is 4.79 Å². The fraction of sp³-hybridized carbons (Fsp3) is 0.359. The van der Waals surface area contributed by atoms with E-state index in [0.29, 0.717) is 36.3 Å². The van der Waals surface area contributed by atoms with Crippen LogP contribution in [0.25, 0.3) is 5.57 Å². The molecule has 0 bridgehead atoms. The zero-order valence-corrected chi connectivity index (χ0v) is 28.3. The number of nitrogens with zero attached hydrogens (tertiary/aromatic N) is 1. The number of hydrogen-bond donors (Lipinski definition) is 1. The van der Waals surface area contributed by atoms with Crippen LogP contribution in [0.1, 0.15) is 48.1 Å².